The van der Waals surface area contributed by atoms with Crippen molar-refractivity contribution in [2.24, 2.45) is 0 Å². The quantitative estimate of drug-likeness (QED) is 0.445. The maximum Gasteiger partial charge on any atom is 0.308 e. The van der Waals surface area contributed by atoms with Gasteiger partial charge in [0.1, 0.15) is 5.75 Å². The summed E-state index contributed by atoms with van der Waals surface area (Å²) >= 11 is 0. The van der Waals surface area contributed by atoms with Crippen molar-refractivity contribution in [1.29, 1.82) is 0 Å². The SMILES string of the molecule is COC(=O)CCOc1ccc([N+](=O)[O-])c(C)c1. The Balaban J connectivity index is 2.59. The summed E-state index contributed by atoms with van der Waals surface area (Å²) in [5.74, 6) is 0.139. The average molecular weight is 239 g/mol. The first-order valence-electron chi connectivity index (χ1n) is 4.99. The zero-order valence-corrected chi connectivity index (χ0v) is 9.63. The maximum atomic E-state index is 10.8. The van der Waals surface area contributed by atoms with E-state index in [9.17, 15) is 14.9 Å². The highest BCUT2D eigenvalue weighted by atomic mass is 16.6. The summed E-state index contributed by atoms with van der Waals surface area (Å²) in [6, 6.07) is 4.45. The summed E-state index contributed by atoms with van der Waals surface area (Å²) in [4.78, 5) is 20.9. The molecule has 6 nitrogen and oxygen atoms in total. The van der Waals surface area contributed by atoms with E-state index in [1.807, 2.05) is 0 Å². The predicted molar refractivity (Wildman–Crippen MR) is 60.0 cm³/mol. The third kappa shape index (κ3) is 3.75. The molecule has 17 heavy (non-hydrogen) atoms. The van der Waals surface area contributed by atoms with Crippen LogP contribution in [0.4, 0.5) is 5.69 Å². The lowest BCUT2D eigenvalue weighted by atomic mass is 10.2. The van der Waals surface area contributed by atoms with E-state index in [1.165, 1.54) is 19.2 Å². The van der Waals surface area contributed by atoms with Gasteiger partial charge in [0.25, 0.3) is 5.69 Å². The van der Waals surface area contributed by atoms with Gasteiger partial charge in [-0.1, -0.05) is 0 Å². The van der Waals surface area contributed by atoms with E-state index >= 15 is 0 Å². The number of methoxy groups -OCH3 is 1. The summed E-state index contributed by atoms with van der Waals surface area (Å²) in [6.07, 6.45) is 0.145. The fourth-order valence-corrected chi connectivity index (χ4v) is 1.28. The molecule has 0 saturated carbocycles. The largest absolute Gasteiger partial charge is 0.493 e. The standard InChI is InChI=1S/C11H13NO5/c1-8-7-9(3-4-10(8)12(14)15)17-6-5-11(13)16-2/h3-4,7H,5-6H2,1-2H3. The minimum atomic E-state index is -0.451. The molecular weight excluding hydrogens is 226 g/mol. The highest BCUT2D eigenvalue weighted by Crippen LogP contribution is 2.22. The molecule has 0 aliphatic carbocycles. The van der Waals surface area contributed by atoms with E-state index in [0.29, 0.717) is 11.3 Å². The Morgan fingerprint density at radius 2 is 2.18 bits per heavy atom. The molecule has 1 aromatic rings. The van der Waals surface area contributed by atoms with Crippen molar-refractivity contribution in [3.05, 3.63) is 33.9 Å². The Morgan fingerprint density at radius 3 is 2.71 bits per heavy atom. The van der Waals surface area contributed by atoms with E-state index in [4.69, 9.17) is 4.74 Å². The van der Waals surface area contributed by atoms with Gasteiger partial charge in [0.2, 0.25) is 0 Å². The number of rotatable bonds is 5. The molecule has 0 aliphatic rings. The third-order valence-electron chi connectivity index (χ3n) is 2.17. The molecular formula is C11H13NO5. The van der Waals surface area contributed by atoms with Gasteiger partial charge in [-0.3, -0.25) is 14.9 Å². The number of benzene rings is 1. The lowest BCUT2D eigenvalue weighted by Crippen LogP contribution is -2.07. The molecule has 0 N–H and O–H groups in total. The molecule has 1 aromatic carbocycles. The fourth-order valence-electron chi connectivity index (χ4n) is 1.28. The molecule has 0 aliphatic heterocycles. The van der Waals surface area contributed by atoms with E-state index < -0.39 is 4.92 Å². The second-order valence-electron chi connectivity index (χ2n) is 3.38. The number of hydrogen-bond acceptors (Lipinski definition) is 5. The number of hydrogen-bond donors (Lipinski definition) is 0. The topological polar surface area (TPSA) is 78.7 Å². The number of aryl methyl sites for hydroxylation is 1. The van der Waals surface area contributed by atoms with E-state index in [2.05, 4.69) is 4.74 Å². The molecule has 0 spiro atoms. The van der Waals surface area contributed by atoms with Gasteiger partial charge >= 0.3 is 5.97 Å². The molecule has 0 saturated heterocycles. The van der Waals surface area contributed by atoms with Crippen LogP contribution in [0, 0.1) is 17.0 Å². The van der Waals surface area contributed by atoms with Crippen LogP contribution < -0.4 is 4.74 Å². The summed E-state index contributed by atoms with van der Waals surface area (Å²) < 4.78 is 9.72. The van der Waals surface area contributed by atoms with Crippen molar-refractivity contribution < 1.29 is 19.2 Å². The number of nitrogens with zero attached hydrogens (tertiary/aromatic N) is 1. The van der Waals surface area contributed by atoms with Crippen molar-refractivity contribution in [2.45, 2.75) is 13.3 Å². The summed E-state index contributed by atoms with van der Waals surface area (Å²) in [6.45, 7) is 1.81. The van der Waals surface area contributed by atoms with Gasteiger partial charge in [-0.2, -0.15) is 0 Å². The van der Waals surface area contributed by atoms with Crippen LogP contribution in [0.3, 0.4) is 0 Å². The fraction of sp³-hybridized carbons (Fsp3) is 0.364. The molecule has 0 radical (unpaired) electrons. The lowest BCUT2D eigenvalue weighted by molar-refractivity contribution is -0.385. The molecule has 0 aromatic heterocycles. The Kier molecular flexibility index (Phi) is 4.45. The van der Waals surface area contributed by atoms with Gasteiger partial charge in [0.15, 0.2) is 0 Å². The first-order chi connectivity index (χ1) is 8.04. The van der Waals surface area contributed by atoms with Gasteiger partial charge in [-0.05, 0) is 19.1 Å². The molecule has 1 rings (SSSR count). The third-order valence-corrected chi connectivity index (χ3v) is 2.17. The van der Waals surface area contributed by atoms with Crippen molar-refractivity contribution in [3.8, 4) is 5.75 Å². The molecule has 6 heteroatoms. The lowest BCUT2D eigenvalue weighted by Gasteiger charge is -2.06. The van der Waals surface area contributed by atoms with Crippen LogP contribution in [0.15, 0.2) is 18.2 Å². The Labute approximate surface area is 98.3 Å². The summed E-state index contributed by atoms with van der Waals surface area (Å²) in [5, 5.41) is 10.6. The van der Waals surface area contributed by atoms with Crippen LogP contribution in [-0.4, -0.2) is 24.6 Å². The summed E-state index contributed by atoms with van der Waals surface area (Å²) in [5.41, 5.74) is 0.566. The van der Waals surface area contributed by atoms with Crippen molar-refractivity contribution in [1.82, 2.24) is 0 Å². The van der Waals surface area contributed by atoms with Crippen LogP contribution in [0.1, 0.15) is 12.0 Å². The number of esters is 1. The minimum Gasteiger partial charge on any atom is -0.493 e. The van der Waals surface area contributed by atoms with Gasteiger partial charge in [-0.25, -0.2) is 0 Å². The highest BCUT2D eigenvalue weighted by molar-refractivity contribution is 5.69. The first kappa shape index (κ1) is 13.0. The minimum absolute atomic E-state index is 0.0466. The summed E-state index contributed by atoms with van der Waals surface area (Å²) in [7, 11) is 1.30. The number of nitro groups is 1. The van der Waals surface area contributed by atoms with E-state index in [0.717, 1.165) is 0 Å². The molecule has 0 atom stereocenters. The Hall–Kier alpha value is -2.11. The normalized spacial score (nSPS) is 9.76. The van der Waals surface area contributed by atoms with E-state index in [1.54, 1.807) is 13.0 Å². The smallest absolute Gasteiger partial charge is 0.308 e. The second-order valence-corrected chi connectivity index (χ2v) is 3.38. The predicted octanol–water partition coefficient (Wildman–Crippen LogP) is 1.85. The second kappa shape index (κ2) is 5.83. The number of ether oxygens (including phenoxy) is 2. The number of carbonyl (C=O) groups is 1. The molecule has 92 valence electrons. The van der Waals surface area contributed by atoms with Gasteiger partial charge < -0.3 is 9.47 Å². The van der Waals surface area contributed by atoms with Crippen LogP contribution in [-0.2, 0) is 9.53 Å². The van der Waals surface area contributed by atoms with Crippen molar-refractivity contribution in [2.75, 3.05) is 13.7 Å². The molecule has 0 bridgehead atoms. The van der Waals surface area contributed by atoms with Crippen LogP contribution in [0.2, 0.25) is 0 Å². The monoisotopic (exact) mass is 239 g/mol. The Bertz CT molecular complexity index is 430. The zero-order chi connectivity index (χ0) is 12.8. The Morgan fingerprint density at radius 1 is 1.47 bits per heavy atom. The van der Waals surface area contributed by atoms with Crippen molar-refractivity contribution >= 4 is 11.7 Å². The van der Waals surface area contributed by atoms with Crippen LogP contribution in [0.25, 0.3) is 0 Å². The number of nitro benzene ring substituents is 1. The highest BCUT2D eigenvalue weighted by Gasteiger charge is 2.10. The van der Waals surface area contributed by atoms with Gasteiger partial charge in [0.05, 0.1) is 25.1 Å². The van der Waals surface area contributed by atoms with Gasteiger partial charge in [-0.15, -0.1) is 0 Å². The molecule has 0 heterocycles. The maximum absolute atomic E-state index is 10.8. The average Bonchev–Trinajstić information content (AvgIpc) is 2.28. The number of carbonyl (C=O) groups excluding carboxylic acids is 1. The first-order valence-corrected chi connectivity index (χ1v) is 4.99. The van der Waals surface area contributed by atoms with Crippen molar-refractivity contribution in [3.63, 3.8) is 0 Å². The molecule has 0 amide bonds. The molecule has 0 fully saturated rings. The van der Waals surface area contributed by atoms with Crippen LogP contribution >= 0.6 is 0 Å². The molecule has 0 unspecified atom stereocenters. The van der Waals surface area contributed by atoms with Crippen LogP contribution in [0.5, 0.6) is 5.75 Å². The van der Waals surface area contributed by atoms with Gasteiger partial charge in [0, 0.05) is 11.6 Å². The van der Waals surface area contributed by atoms with E-state index in [-0.39, 0.29) is 24.7 Å². The zero-order valence-electron chi connectivity index (χ0n) is 9.63.